The number of fused-ring (bicyclic) bond motifs is 3. The van der Waals surface area contributed by atoms with Crippen molar-refractivity contribution in [3.63, 3.8) is 0 Å². The minimum Gasteiger partial charge on any atom is -0.481 e. The molecule has 2 aromatic carbocycles. The van der Waals surface area contributed by atoms with Crippen molar-refractivity contribution in [2.24, 2.45) is 11.3 Å². The van der Waals surface area contributed by atoms with E-state index in [-0.39, 0.29) is 30.8 Å². The normalized spacial score (nSPS) is 13.5. The minimum absolute atomic E-state index is 0.00357. The zero-order valence-electron chi connectivity index (χ0n) is 20.1. The molecule has 0 aliphatic heterocycles. The lowest BCUT2D eigenvalue weighted by Crippen LogP contribution is -2.40. The molecule has 1 aliphatic carbocycles. The van der Waals surface area contributed by atoms with Gasteiger partial charge in [0, 0.05) is 30.8 Å². The summed E-state index contributed by atoms with van der Waals surface area (Å²) in [4.78, 5) is 35.6. The third-order valence-electron chi connectivity index (χ3n) is 6.42. The first kappa shape index (κ1) is 25.3. The van der Waals surface area contributed by atoms with E-state index >= 15 is 0 Å². The number of ether oxygens (including phenoxy) is 1. The Balaban J connectivity index is 1.42. The monoisotopic (exact) mass is 466 g/mol. The van der Waals surface area contributed by atoms with Crippen molar-refractivity contribution in [2.75, 3.05) is 19.7 Å². The zero-order chi connectivity index (χ0) is 24.7. The minimum atomic E-state index is -0.835. The summed E-state index contributed by atoms with van der Waals surface area (Å²) in [7, 11) is 0. The molecule has 0 saturated heterocycles. The Hall–Kier alpha value is -3.35. The summed E-state index contributed by atoms with van der Waals surface area (Å²) in [5.41, 5.74) is 4.00. The van der Waals surface area contributed by atoms with Crippen LogP contribution < -0.4 is 10.6 Å². The summed E-state index contributed by atoms with van der Waals surface area (Å²) in [6.07, 6.45) is 0.643. The molecule has 0 spiro atoms. The van der Waals surface area contributed by atoms with Gasteiger partial charge >= 0.3 is 12.1 Å². The van der Waals surface area contributed by atoms with Gasteiger partial charge in [0.15, 0.2) is 0 Å². The van der Waals surface area contributed by atoms with Crippen molar-refractivity contribution < 1.29 is 24.2 Å². The third kappa shape index (κ3) is 6.37. The Morgan fingerprint density at radius 1 is 0.971 bits per heavy atom. The molecule has 2 amide bonds. The van der Waals surface area contributed by atoms with Gasteiger partial charge in [-0.05, 0) is 41.0 Å². The molecule has 3 N–H and O–H groups in total. The van der Waals surface area contributed by atoms with Gasteiger partial charge in [0.2, 0.25) is 5.91 Å². The Labute approximate surface area is 200 Å². The van der Waals surface area contributed by atoms with E-state index in [1.807, 2.05) is 45.0 Å². The van der Waals surface area contributed by atoms with Crippen LogP contribution in [0.2, 0.25) is 0 Å². The molecule has 1 unspecified atom stereocenters. The van der Waals surface area contributed by atoms with E-state index in [1.54, 1.807) is 0 Å². The number of carboxylic acids is 1. The highest BCUT2D eigenvalue weighted by atomic mass is 16.5. The first-order valence-electron chi connectivity index (χ1n) is 11.8. The first-order valence-corrected chi connectivity index (χ1v) is 11.8. The van der Waals surface area contributed by atoms with Gasteiger partial charge in [-0.15, -0.1) is 0 Å². The van der Waals surface area contributed by atoms with Gasteiger partial charge in [-0.3, -0.25) is 9.59 Å². The highest BCUT2D eigenvalue weighted by molar-refractivity contribution is 5.82. The number of rotatable bonds is 11. The molecule has 1 aliphatic rings. The second kappa shape index (κ2) is 11.2. The highest BCUT2D eigenvalue weighted by Crippen LogP contribution is 2.44. The van der Waals surface area contributed by atoms with Crippen LogP contribution in [-0.4, -0.2) is 42.8 Å². The number of amides is 2. The third-order valence-corrected chi connectivity index (χ3v) is 6.42. The maximum absolute atomic E-state index is 12.5. The quantitative estimate of drug-likeness (QED) is 0.450. The molecule has 0 heterocycles. The summed E-state index contributed by atoms with van der Waals surface area (Å²) in [6, 6.07) is 16.4. The SMILES string of the molecule is CC(CCNC(=O)C(C)(C)CCNC(=O)OCC1c2ccccc2-c2ccccc21)CC(=O)O. The summed E-state index contributed by atoms with van der Waals surface area (Å²) >= 11 is 0. The Morgan fingerprint density at radius 3 is 2.15 bits per heavy atom. The van der Waals surface area contributed by atoms with Gasteiger partial charge < -0.3 is 20.5 Å². The van der Waals surface area contributed by atoms with Crippen LogP contribution >= 0.6 is 0 Å². The number of hydrogen-bond acceptors (Lipinski definition) is 4. The largest absolute Gasteiger partial charge is 0.481 e. The van der Waals surface area contributed by atoms with Crippen molar-refractivity contribution in [1.82, 2.24) is 10.6 Å². The molecule has 0 radical (unpaired) electrons. The van der Waals surface area contributed by atoms with Gasteiger partial charge in [0.25, 0.3) is 0 Å². The number of benzene rings is 2. The fraction of sp³-hybridized carbons (Fsp3) is 0.444. The molecule has 2 aromatic rings. The summed E-state index contributed by atoms with van der Waals surface area (Å²) in [5, 5.41) is 14.4. The van der Waals surface area contributed by atoms with E-state index in [4.69, 9.17) is 9.84 Å². The molecule has 0 aromatic heterocycles. The average molecular weight is 467 g/mol. The van der Waals surface area contributed by atoms with Crippen LogP contribution in [0.3, 0.4) is 0 Å². The number of hydrogen-bond donors (Lipinski definition) is 3. The molecule has 0 bridgehead atoms. The standard InChI is InChI=1S/C27H34N2O5/c1-18(16-24(30)31)12-14-28-25(32)27(2,3)13-15-29-26(33)34-17-23-21-10-6-4-8-19(21)20-9-5-7-11-22(20)23/h4-11,18,23H,12-17H2,1-3H3,(H,28,32)(H,29,33)(H,30,31). The van der Waals surface area contributed by atoms with E-state index < -0.39 is 17.5 Å². The van der Waals surface area contributed by atoms with Crippen molar-refractivity contribution in [3.05, 3.63) is 59.7 Å². The van der Waals surface area contributed by atoms with E-state index in [2.05, 4.69) is 34.9 Å². The van der Waals surface area contributed by atoms with E-state index in [9.17, 15) is 14.4 Å². The Morgan fingerprint density at radius 2 is 1.56 bits per heavy atom. The highest BCUT2D eigenvalue weighted by Gasteiger charge is 2.30. The van der Waals surface area contributed by atoms with Crippen molar-refractivity contribution >= 4 is 18.0 Å². The van der Waals surface area contributed by atoms with Crippen LogP contribution in [0.4, 0.5) is 4.79 Å². The molecule has 3 rings (SSSR count). The van der Waals surface area contributed by atoms with Gasteiger partial charge in [0.05, 0.1) is 0 Å². The number of nitrogens with one attached hydrogen (secondary N) is 2. The molecule has 34 heavy (non-hydrogen) atoms. The van der Waals surface area contributed by atoms with Crippen LogP contribution in [0.15, 0.2) is 48.5 Å². The van der Waals surface area contributed by atoms with Gasteiger partial charge in [-0.1, -0.05) is 69.3 Å². The maximum atomic E-state index is 12.5. The van der Waals surface area contributed by atoms with Gasteiger partial charge in [-0.25, -0.2) is 4.79 Å². The Kier molecular flexibility index (Phi) is 8.31. The summed E-state index contributed by atoms with van der Waals surface area (Å²) in [6.45, 7) is 6.48. The number of carbonyl (C=O) groups excluding carboxylic acids is 2. The second-order valence-electron chi connectivity index (χ2n) is 9.63. The number of carboxylic acid groups (broad SMARTS) is 1. The topological polar surface area (TPSA) is 105 Å². The van der Waals surface area contributed by atoms with Crippen molar-refractivity contribution in [2.45, 2.75) is 46.0 Å². The molecule has 0 fully saturated rings. The van der Waals surface area contributed by atoms with Crippen LogP contribution in [-0.2, 0) is 14.3 Å². The van der Waals surface area contributed by atoms with Crippen molar-refractivity contribution in [1.29, 1.82) is 0 Å². The van der Waals surface area contributed by atoms with E-state index in [0.717, 1.165) is 11.1 Å². The smallest absolute Gasteiger partial charge is 0.407 e. The summed E-state index contributed by atoms with van der Waals surface area (Å²) < 4.78 is 5.54. The predicted molar refractivity (Wildman–Crippen MR) is 131 cm³/mol. The lowest BCUT2D eigenvalue weighted by molar-refractivity contribution is -0.138. The van der Waals surface area contributed by atoms with E-state index in [0.29, 0.717) is 25.9 Å². The number of carbonyl (C=O) groups is 3. The number of aliphatic carboxylic acids is 1. The van der Waals surface area contributed by atoms with E-state index in [1.165, 1.54) is 11.1 Å². The Bertz CT molecular complexity index is 988. The second-order valence-corrected chi connectivity index (χ2v) is 9.63. The average Bonchev–Trinajstić information content (AvgIpc) is 3.11. The van der Waals surface area contributed by atoms with Crippen LogP contribution in [0, 0.1) is 11.3 Å². The van der Waals surface area contributed by atoms with Crippen LogP contribution in [0.25, 0.3) is 11.1 Å². The summed E-state index contributed by atoms with van der Waals surface area (Å²) in [5.74, 6) is -0.956. The molecular formula is C27H34N2O5. The first-order chi connectivity index (χ1) is 16.2. The maximum Gasteiger partial charge on any atom is 0.407 e. The number of alkyl carbamates (subject to hydrolysis) is 1. The fourth-order valence-corrected chi connectivity index (χ4v) is 4.31. The zero-order valence-corrected chi connectivity index (χ0v) is 20.1. The van der Waals surface area contributed by atoms with Gasteiger partial charge in [-0.2, -0.15) is 0 Å². The molecular weight excluding hydrogens is 432 g/mol. The van der Waals surface area contributed by atoms with Crippen LogP contribution in [0.5, 0.6) is 0 Å². The fourth-order valence-electron chi connectivity index (χ4n) is 4.31. The van der Waals surface area contributed by atoms with Gasteiger partial charge in [0.1, 0.15) is 6.61 Å². The lowest BCUT2D eigenvalue weighted by Gasteiger charge is -2.24. The molecule has 182 valence electrons. The van der Waals surface area contributed by atoms with Crippen molar-refractivity contribution in [3.8, 4) is 11.1 Å². The predicted octanol–water partition coefficient (Wildman–Crippen LogP) is 4.56. The lowest BCUT2D eigenvalue weighted by atomic mass is 9.88. The molecule has 1 atom stereocenters. The van der Waals surface area contributed by atoms with Crippen LogP contribution in [0.1, 0.15) is 57.1 Å². The molecule has 0 saturated carbocycles. The molecule has 7 heteroatoms. The molecule has 7 nitrogen and oxygen atoms in total.